The van der Waals surface area contributed by atoms with Gasteiger partial charge in [0.2, 0.25) is 0 Å². The van der Waals surface area contributed by atoms with Gasteiger partial charge in [-0.05, 0) is 37.0 Å². The average molecular weight is 282 g/mol. The quantitative estimate of drug-likeness (QED) is 0.760. The zero-order valence-electron chi connectivity index (χ0n) is 9.66. The van der Waals surface area contributed by atoms with Crippen LogP contribution < -0.4 is 4.74 Å². The fourth-order valence-corrected chi connectivity index (χ4v) is 1.72. The molecule has 0 saturated carbocycles. The maximum Gasteiger partial charge on any atom is 0.138 e. The van der Waals surface area contributed by atoms with Crippen molar-refractivity contribution in [3.63, 3.8) is 0 Å². The van der Waals surface area contributed by atoms with Crippen LogP contribution in [0.4, 0.5) is 0 Å². The van der Waals surface area contributed by atoms with Crippen molar-refractivity contribution < 1.29 is 4.74 Å². The number of rotatable bonds is 5. The van der Waals surface area contributed by atoms with Gasteiger partial charge in [-0.15, -0.1) is 0 Å². The largest absolute Gasteiger partial charge is 0.492 e. The van der Waals surface area contributed by atoms with Gasteiger partial charge in [0.15, 0.2) is 0 Å². The van der Waals surface area contributed by atoms with Crippen LogP contribution in [-0.4, -0.2) is 6.61 Å². The zero-order valence-corrected chi connectivity index (χ0v) is 11.3. The van der Waals surface area contributed by atoms with Gasteiger partial charge in [0.25, 0.3) is 0 Å². The van der Waals surface area contributed by atoms with Gasteiger partial charge >= 0.3 is 0 Å². The molecule has 0 unspecified atom stereocenters. The van der Waals surface area contributed by atoms with Crippen LogP contribution in [0.5, 0.6) is 5.75 Å². The molecular weight excluding hydrogens is 266 g/mol. The lowest BCUT2D eigenvalue weighted by Gasteiger charge is -2.09. The molecule has 16 heavy (non-hydrogen) atoms. The van der Waals surface area contributed by atoms with Crippen molar-refractivity contribution in [2.75, 3.05) is 6.61 Å². The van der Waals surface area contributed by atoms with Crippen LogP contribution in [0.25, 0.3) is 0 Å². The molecule has 0 spiro atoms. The van der Waals surface area contributed by atoms with E-state index in [4.69, 9.17) is 10.00 Å². The average Bonchev–Trinajstić information content (AvgIpc) is 2.24. The predicted molar refractivity (Wildman–Crippen MR) is 68.4 cm³/mol. The van der Waals surface area contributed by atoms with E-state index in [0.717, 1.165) is 17.3 Å². The highest BCUT2D eigenvalue weighted by Crippen LogP contribution is 2.23. The molecule has 0 bridgehead atoms. The second kappa shape index (κ2) is 6.55. The third-order valence-electron chi connectivity index (χ3n) is 2.25. The molecule has 0 atom stereocenters. The molecule has 86 valence electrons. The van der Waals surface area contributed by atoms with Gasteiger partial charge in [-0.3, -0.25) is 0 Å². The van der Waals surface area contributed by atoms with Gasteiger partial charge in [0.1, 0.15) is 11.8 Å². The molecule has 0 aliphatic rings. The fourth-order valence-electron chi connectivity index (χ4n) is 1.38. The Morgan fingerprint density at radius 2 is 2.19 bits per heavy atom. The zero-order chi connectivity index (χ0) is 12.0. The fraction of sp³-hybridized carbons (Fsp3) is 0.462. The number of ether oxygens (including phenoxy) is 1. The molecule has 1 aromatic carbocycles. The number of hydrogen-bond donors (Lipinski definition) is 0. The molecular formula is C13H16BrNO. The molecule has 0 aromatic heterocycles. The Labute approximate surface area is 105 Å². The Kier molecular flexibility index (Phi) is 5.34. The third-order valence-corrected chi connectivity index (χ3v) is 2.74. The summed E-state index contributed by atoms with van der Waals surface area (Å²) < 4.78 is 6.54. The highest BCUT2D eigenvalue weighted by molar-refractivity contribution is 9.10. The van der Waals surface area contributed by atoms with E-state index in [0.29, 0.717) is 23.8 Å². The Balaban J connectivity index is 2.53. The first kappa shape index (κ1) is 13.1. The molecule has 0 amide bonds. The molecule has 3 heteroatoms. The van der Waals surface area contributed by atoms with E-state index in [-0.39, 0.29) is 0 Å². The van der Waals surface area contributed by atoms with Crippen LogP contribution in [0, 0.1) is 17.2 Å². The minimum atomic E-state index is 0.591. The van der Waals surface area contributed by atoms with E-state index in [1.807, 2.05) is 12.1 Å². The Morgan fingerprint density at radius 3 is 2.81 bits per heavy atom. The lowest BCUT2D eigenvalue weighted by molar-refractivity contribution is 0.297. The molecule has 0 aliphatic carbocycles. The van der Waals surface area contributed by atoms with Crippen LogP contribution in [0.1, 0.15) is 32.3 Å². The van der Waals surface area contributed by atoms with Gasteiger partial charge in [-0.25, -0.2) is 0 Å². The summed E-state index contributed by atoms with van der Waals surface area (Å²) in [5, 5.41) is 8.91. The van der Waals surface area contributed by atoms with Crippen molar-refractivity contribution in [2.45, 2.75) is 26.7 Å². The maximum absolute atomic E-state index is 8.91. The summed E-state index contributed by atoms with van der Waals surface area (Å²) in [6.07, 6.45) is 2.17. The second-order valence-corrected chi connectivity index (χ2v) is 5.05. The van der Waals surface area contributed by atoms with Crippen molar-refractivity contribution >= 4 is 15.9 Å². The molecule has 2 nitrogen and oxygen atoms in total. The van der Waals surface area contributed by atoms with Crippen molar-refractivity contribution in [1.82, 2.24) is 0 Å². The van der Waals surface area contributed by atoms with E-state index in [9.17, 15) is 0 Å². The smallest absolute Gasteiger partial charge is 0.138 e. The lowest BCUT2D eigenvalue weighted by atomic mass is 10.1. The van der Waals surface area contributed by atoms with Crippen LogP contribution in [0.15, 0.2) is 22.7 Å². The van der Waals surface area contributed by atoms with Crippen LogP contribution in [-0.2, 0) is 0 Å². The topological polar surface area (TPSA) is 33.0 Å². The predicted octanol–water partition coefficient (Wildman–Crippen LogP) is 4.14. The standard InChI is InChI=1S/C13H16BrNO/c1-10(2)4-3-7-16-13-8-12(14)6-5-11(13)9-15/h5-6,8,10H,3-4,7H2,1-2H3. The highest BCUT2D eigenvalue weighted by Gasteiger charge is 2.04. The van der Waals surface area contributed by atoms with E-state index in [1.54, 1.807) is 6.07 Å². The minimum absolute atomic E-state index is 0.591. The van der Waals surface area contributed by atoms with Crippen LogP contribution >= 0.6 is 15.9 Å². The summed E-state index contributed by atoms with van der Waals surface area (Å²) in [5.74, 6) is 1.36. The molecule has 1 rings (SSSR count). The van der Waals surface area contributed by atoms with Gasteiger partial charge < -0.3 is 4.74 Å². The summed E-state index contributed by atoms with van der Waals surface area (Å²) in [4.78, 5) is 0. The van der Waals surface area contributed by atoms with E-state index in [2.05, 4.69) is 35.8 Å². The number of nitriles is 1. The molecule has 1 aromatic rings. The summed E-state index contributed by atoms with van der Waals surface area (Å²) in [6.45, 7) is 5.06. The van der Waals surface area contributed by atoms with Crippen molar-refractivity contribution in [3.05, 3.63) is 28.2 Å². The SMILES string of the molecule is CC(C)CCCOc1cc(Br)ccc1C#N. The molecule has 0 aliphatic heterocycles. The number of benzene rings is 1. The minimum Gasteiger partial charge on any atom is -0.492 e. The van der Waals surface area contributed by atoms with E-state index >= 15 is 0 Å². The van der Waals surface area contributed by atoms with Gasteiger partial charge in [-0.1, -0.05) is 29.8 Å². The summed E-state index contributed by atoms with van der Waals surface area (Å²) in [6, 6.07) is 7.58. The lowest BCUT2D eigenvalue weighted by Crippen LogP contribution is -2.01. The first-order valence-corrected chi connectivity index (χ1v) is 6.25. The van der Waals surface area contributed by atoms with Gasteiger partial charge in [0, 0.05) is 4.47 Å². The van der Waals surface area contributed by atoms with Gasteiger partial charge in [0.05, 0.1) is 12.2 Å². The monoisotopic (exact) mass is 281 g/mol. The van der Waals surface area contributed by atoms with Crippen molar-refractivity contribution in [1.29, 1.82) is 5.26 Å². The van der Waals surface area contributed by atoms with E-state index in [1.165, 1.54) is 0 Å². The van der Waals surface area contributed by atoms with E-state index < -0.39 is 0 Å². The molecule has 0 N–H and O–H groups in total. The summed E-state index contributed by atoms with van der Waals surface area (Å²) in [5.41, 5.74) is 0.591. The Hall–Kier alpha value is -1.01. The highest BCUT2D eigenvalue weighted by atomic mass is 79.9. The second-order valence-electron chi connectivity index (χ2n) is 4.14. The molecule has 0 saturated heterocycles. The third kappa shape index (κ3) is 4.24. The maximum atomic E-state index is 8.91. The first-order valence-electron chi connectivity index (χ1n) is 5.46. The summed E-state index contributed by atoms with van der Waals surface area (Å²) in [7, 11) is 0. The summed E-state index contributed by atoms with van der Waals surface area (Å²) >= 11 is 3.37. The van der Waals surface area contributed by atoms with Crippen molar-refractivity contribution in [3.8, 4) is 11.8 Å². The number of halogens is 1. The Bertz CT molecular complexity index is 382. The molecule has 0 heterocycles. The molecule has 0 fully saturated rings. The number of nitrogens with zero attached hydrogens (tertiary/aromatic N) is 1. The first-order chi connectivity index (χ1) is 7.63. The van der Waals surface area contributed by atoms with Crippen molar-refractivity contribution in [2.24, 2.45) is 5.92 Å². The van der Waals surface area contributed by atoms with Gasteiger partial charge in [-0.2, -0.15) is 5.26 Å². The normalized spacial score (nSPS) is 10.2. The number of hydrogen-bond acceptors (Lipinski definition) is 2. The molecule has 0 radical (unpaired) electrons. The van der Waals surface area contributed by atoms with Crippen LogP contribution in [0.3, 0.4) is 0 Å². The Morgan fingerprint density at radius 1 is 1.44 bits per heavy atom. The van der Waals surface area contributed by atoms with Crippen LogP contribution in [0.2, 0.25) is 0 Å².